The Morgan fingerprint density at radius 2 is 1.94 bits per heavy atom. The van der Waals surface area contributed by atoms with Crippen molar-refractivity contribution in [3.8, 4) is 0 Å². The fourth-order valence-electron chi connectivity index (χ4n) is 3.95. The minimum absolute atomic E-state index is 0.140. The maximum atomic E-state index is 12.9. The summed E-state index contributed by atoms with van der Waals surface area (Å²) in [7, 11) is 1.60. The van der Waals surface area contributed by atoms with Crippen molar-refractivity contribution in [3.05, 3.63) is 29.4 Å². The van der Waals surface area contributed by atoms with E-state index in [1.165, 1.54) is 0 Å². The fraction of sp³-hybridized carbons (Fsp3) is 0.480. The van der Waals surface area contributed by atoms with Crippen LogP contribution < -0.4 is 5.32 Å². The summed E-state index contributed by atoms with van der Waals surface area (Å²) >= 11 is 0. The van der Waals surface area contributed by atoms with Gasteiger partial charge in [-0.25, -0.2) is 14.8 Å². The highest BCUT2D eigenvalue weighted by Crippen LogP contribution is 2.40. The Bertz CT molecular complexity index is 1320. The smallest absolute Gasteiger partial charge is 0.357 e. The summed E-state index contributed by atoms with van der Waals surface area (Å²) in [6.07, 6.45) is 1.42. The van der Waals surface area contributed by atoms with Gasteiger partial charge in [-0.05, 0) is 19.8 Å². The van der Waals surface area contributed by atoms with Gasteiger partial charge in [-0.2, -0.15) is 0 Å². The molecule has 0 unspecified atom stereocenters. The van der Waals surface area contributed by atoms with Gasteiger partial charge in [0.15, 0.2) is 17.2 Å². The first-order valence-corrected chi connectivity index (χ1v) is 11.4. The fourth-order valence-corrected chi connectivity index (χ4v) is 3.95. The number of hydrogen-bond donors (Lipinski definition) is 2. The Hall–Kier alpha value is -3.13. The molecule has 3 aromatic heterocycles. The Kier molecular flexibility index (Phi) is 6.30. The zero-order valence-electron chi connectivity index (χ0n) is 20.3. The van der Waals surface area contributed by atoms with Gasteiger partial charge in [0, 0.05) is 42.0 Å². The normalized spacial score (nSPS) is 12.2. The topological polar surface area (TPSA) is 102 Å². The number of nitrogens with zero attached hydrogens (tertiary/aromatic N) is 2. The molecule has 0 aliphatic rings. The summed E-state index contributed by atoms with van der Waals surface area (Å²) in [6, 6.07) is 1.99. The Balaban J connectivity index is 2.08. The molecular formula is C25H32N4O4. The summed E-state index contributed by atoms with van der Waals surface area (Å²) in [5, 5.41) is 5.26. The zero-order chi connectivity index (χ0) is 23.9. The van der Waals surface area contributed by atoms with E-state index >= 15 is 0 Å². The SMILES string of the molecule is COCc1c(C(=O)OC(C)C)ncc2[nH]c3c(NCC(C)C)cc4oc(C(C)C)nc4c3c12. The monoisotopic (exact) mass is 452 g/mol. The van der Waals surface area contributed by atoms with Crippen LogP contribution >= 0.6 is 0 Å². The molecule has 0 radical (unpaired) electrons. The molecule has 176 valence electrons. The summed E-state index contributed by atoms with van der Waals surface area (Å²) < 4.78 is 17.1. The van der Waals surface area contributed by atoms with Crippen molar-refractivity contribution in [1.82, 2.24) is 15.0 Å². The second kappa shape index (κ2) is 9.02. The molecule has 8 nitrogen and oxygen atoms in total. The number of carbonyl (C=O) groups excluding carboxylic acids is 1. The van der Waals surface area contributed by atoms with Crippen molar-refractivity contribution in [2.75, 3.05) is 19.0 Å². The number of fused-ring (bicyclic) bond motifs is 5. The highest BCUT2D eigenvalue weighted by molar-refractivity contribution is 6.23. The summed E-state index contributed by atoms with van der Waals surface area (Å²) in [5.41, 5.74) is 4.99. The Morgan fingerprint density at radius 3 is 2.58 bits per heavy atom. The van der Waals surface area contributed by atoms with E-state index in [0.29, 0.717) is 23.0 Å². The quantitative estimate of drug-likeness (QED) is 0.328. The van der Waals surface area contributed by atoms with Gasteiger partial charge >= 0.3 is 5.97 Å². The molecule has 0 amide bonds. The molecule has 0 fully saturated rings. The first-order chi connectivity index (χ1) is 15.7. The lowest BCUT2D eigenvalue weighted by Gasteiger charge is -2.12. The molecule has 2 N–H and O–H groups in total. The maximum absolute atomic E-state index is 12.9. The number of benzene rings is 1. The molecule has 4 aromatic rings. The molecule has 0 aliphatic heterocycles. The van der Waals surface area contributed by atoms with Crippen LogP contribution in [0.4, 0.5) is 5.69 Å². The van der Waals surface area contributed by atoms with E-state index in [4.69, 9.17) is 18.9 Å². The number of hydrogen-bond acceptors (Lipinski definition) is 7. The predicted molar refractivity (Wildman–Crippen MR) is 130 cm³/mol. The van der Waals surface area contributed by atoms with Crippen molar-refractivity contribution in [1.29, 1.82) is 0 Å². The van der Waals surface area contributed by atoms with Crippen molar-refractivity contribution in [2.24, 2.45) is 5.92 Å². The largest absolute Gasteiger partial charge is 0.458 e. The Labute approximate surface area is 193 Å². The predicted octanol–water partition coefficient (Wildman–Crippen LogP) is 5.76. The number of ether oxygens (including phenoxy) is 2. The molecule has 0 saturated heterocycles. The third-order valence-corrected chi connectivity index (χ3v) is 5.41. The van der Waals surface area contributed by atoms with Crippen molar-refractivity contribution in [2.45, 2.75) is 60.2 Å². The molecule has 33 heavy (non-hydrogen) atoms. The van der Waals surface area contributed by atoms with Crippen LogP contribution in [0, 0.1) is 5.92 Å². The number of aromatic nitrogens is 3. The van der Waals surface area contributed by atoms with Gasteiger partial charge in [0.05, 0.1) is 35.6 Å². The number of anilines is 1. The van der Waals surface area contributed by atoms with Gasteiger partial charge in [-0.15, -0.1) is 0 Å². The van der Waals surface area contributed by atoms with Crippen LogP contribution in [0.5, 0.6) is 0 Å². The average molecular weight is 453 g/mol. The average Bonchev–Trinajstić information content (AvgIpc) is 3.33. The lowest BCUT2D eigenvalue weighted by Crippen LogP contribution is -2.15. The van der Waals surface area contributed by atoms with E-state index in [-0.39, 0.29) is 24.3 Å². The van der Waals surface area contributed by atoms with Crippen molar-refractivity contribution >= 4 is 44.6 Å². The number of pyridine rings is 1. The molecule has 0 bridgehead atoms. The number of rotatable bonds is 8. The van der Waals surface area contributed by atoms with Crippen molar-refractivity contribution < 1.29 is 18.7 Å². The number of H-pyrrole nitrogens is 1. The molecular weight excluding hydrogens is 420 g/mol. The number of oxazole rings is 1. The number of esters is 1. The maximum Gasteiger partial charge on any atom is 0.357 e. The van der Waals surface area contributed by atoms with Gasteiger partial charge < -0.3 is 24.2 Å². The van der Waals surface area contributed by atoms with Crippen LogP contribution in [0.2, 0.25) is 0 Å². The minimum atomic E-state index is -0.471. The van der Waals surface area contributed by atoms with E-state index in [1.54, 1.807) is 13.3 Å². The standard InChI is InChI=1S/C25H32N4O4/c1-12(2)9-26-16-8-18-23(29-24(33-18)13(3)4)20-19-15(11-31-7)21(25(30)32-14(5)6)27-10-17(19)28-22(16)20/h8,10,12-14,26,28H,9,11H2,1-7H3. The molecule has 0 saturated carbocycles. The number of aromatic amines is 1. The summed E-state index contributed by atoms with van der Waals surface area (Å²) in [5.74, 6) is 0.802. The van der Waals surface area contributed by atoms with Crippen LogP contribution in [-0.4, -0.2) is 40.7 Å². The van der Waals surface area contributed by atoms with Crippen LogP contribution in [-0.2, 0) is 16.1 Å². The summed E-state index contributed by atoms with van der Waals surface area (Å²) in [4.78, 5) is 25.6. The summed E-state index contributed by atoms with van der Waals surface area (Å²) in [6.45, 7) is 13.1. The first-order valence-electron chi connectivity index (χ1n) is 11.4. The van der Waals surface area contributed by atoms with Gasteiger partial charge in [0.2, 0.25) is 0 Å². The van der Waals surface area contributed by atoms with Gasteiger partial charge in [0.1, 0.15) is 5.52 Å². The van der Waals surface area contributed by atoms with E-state index in [2.05, 4.69) is 43.0 Å². The highest BCUT2D eigenvalue weighted by Gasteiger charge is 2.25. The van der Waals surface area contributed by atoms with E-state index < -0.39 is 5.97 Å². The first kappa shape index (κ1) is 23.0. The van der Waals surface area contributed by atoms with Crippen LogP contribution in [0.1, 0.15) is 69.4 Å². The third-order valence-electron chi connectivity index (χ3n) is 5.41. The van der Waals surface area contributed by atoms with Crippen molar-refractivity contribution in [3.63, 3.8) is 0 Å². The van der Waals surface area contributed by atoms with Gasteiger partial charge in [-0.3, -0.25) is 0 Å². The molecule has 4 rings (SSSR count). The molecule has 1 aromatic carbocycles. The number of carbonyl (C=O) groups is 1. The van der Waals surface area contributed by atoms with Gasteiger partial charge in [0.25, 0.3) is 0 Å². The Morgan fingerprint density at radius 1 is 1.18 bits per heavy atom. The van der Waals surface area contributed by atoms with Gasteiger partial charge in [-0.1, -0.05) is 27.7 Å². The lowest BCUT2D eigenvalue weighted by atomic mass is 10.0. The minimum Gasteiger partial charge on any atom is -0.458 e. The second-order valence-electron chi connectivity index (χ2n) is 9.39. The number of methoxy groups -OCH3 is 1. The van der Waals surface area contributed by atoms with Crippen LogP contribution in [0.15, 0.2) is 16.7 Å². The highest BCUT2D eigenvalue weighted by atomic mass is 16.5. The lowest BCUT2D eigenvalue weighted by molar-refractivity contribution is 0.0366. The molecule has 0 spiro atoms. The van der Waals surface area contributed by atoms with E-state index in [1.807, 2.05) is 19.9 Å². The molecule has 0 atom stereocenters. The molecule has 0 aliphatic carbocycles. The second-order valence-corrected chi connectivity index (χ2v) is 9.39. The van der Waals surface area contributed by atoms with Crippen LogP contribution in [0.25, 0.3) is 32.9 Å². The molecule has 3 heterocycles. The number of nitrogens with one attached hydrogen (secondary N) is 2. The molecule has 8 heteroatoms. The van der Waals surface area contributed by atoms with E-state index in [9.17, 15) is 4.79 Å². The van der Waals surface area contributed by atoms with Crippen LogP contribution in [0.3, 0.4) is 0 Å². The zero-order valence-corrected chi connectivity index (χ0v) is 20.3. The third kappa shape index (κ3) is 4.27. The van der Waals surface area contributed by atoms with E-state index in [0.717, 1.165) is 39.6 Å².